The van der Waals surface area contributed by atoms with Crippen molar-refractivity contribution in [2.24, 2.45) is 5.92 Å². The van der Waals surface area contributed by atoms with Gasteiger partial charge >= 0.3 is 5.97 Å². The zero-order valence-corrected chi connectivity index (χ0v) is 18.7. The standard InChI is InChI=1S/C24H26ClNO4/c1-6-14(2)11-22(27)30-23-16(4)26(24(28)17-9-7-15(3)8-10-17)20-13-19(25)21(29-5)12-18(20)23/h7-10,12-14H,6,11H2,1-5H3. The monoisotopic (exact) mass is 427 g/mol. The van der Waals surface area contributed by atoms with Crippen LogP contribution in [0, 0.1) is 19.8 Å². The van der Waals surface area contributed by atoms with Gasteiger partial charge in [0.1, 0.15) is 5.75 Å². The van der Waals surface area contributed by atoms with E-state index in [9.17, 15) is 9.59 Å². The van der Waals surface area contributed by atoms with Crippen LogP contribution in [0.2, 0.25) is 5.02 Å². The highest BCUT2D eigenvalue weighted by atomic mass is 35.5. The Morgan fingerprint density at radius 3 is 2.40 bits per heavy atom. The first-order valence-corrected chi connectivity index (χ1v) is 10.3. The van der Waals surface area contributed by atoms with Crippen LogP contribution in [-0.4, -0.2) is 23.6 Å². The molecule has 0 N–H and O–H groups in total. The summed E-state index contributed by atoms with van der Waals surface area (Å²) in [4.78, 5) is 25.8. The number of hydrogen-bond acceptors (Lipinski definition) is 4. The first kappa shape index (κ1) is 21.9. The number of aromatic nitrogens is 1. The summed E-state index contributed by atoms with van der Waals surface area (Å²) in [5.74, 6) is 0.465. The second kappa shape index (κ2) is 8.92. The molecule has 1 unspecified atom stereocenters. The Hall–Kier alpha value is -2.79. The van der Waals surface area contributed by atoms with E-state index < -0.39 is 0 Å². The van der Waals surface area contributed by atoms with E-state index >= 15 is 0 Å². The third-order valence-corrected chi connectivity index (χ3v) is 5.64. The molecule has 0 aliphatic carbocycles. The average molecular weight is 428 g/mol. The summed E-state index contributed by atoms with van der Waals surface area (Å²) in [5.41, 5.74) is 2.70. The third-order valence-electron chi connectivity index (χ3n) is 5.35. The quantitative estimate of drug-likeness (QED) is 0.456. The summed E-state index contributed by atoms with van der Waals surface area (Å²) < 4.78 is 12.6. The molecule has 3 aromatic rings. The normalized spacial score (nSPS) is 12.1. The lowest BCUT2D eigenvalue weighted by Gasteiger charge is -2.10. The van der Waals surface area contributed by atoms with Crippen molar-refractivity contribution in [3.8, 4) is 11.5 Å². The van der Waals surface area contributed by atoms with Crippen molar-refractivity contribution in [3.63, 3.8) is 0 Å². The van der Waals surface area contributed by atoms with Gasteiger partial charge < -0.3 is 9.47 Å². The van der Waals surface area contributed by atoms with Crippen LogP contribution in [0.1, 0.15) is 48.3 Å². The summed E-state index contributed by atoms with van der Waals surface area (Å²) >= 11 is 6.34. The molecule has 0 saturated carbocycles. The molecule has 0 fully saturated rings. The molecule has 0 radical (unpaired) electrons. The zero-order valence-electron chi connectivity index (χ0n) is 17.9. The second-order valence-electron chi connectivity index (χ2n) is 7.62. The predicted molar refractivity (Wildman–Crippen MR) is 119 cm³/mol. The Bertz CT molecular complexity index is 1100. The molecule has 30 heavy (non-hydrogen) atoms. The molecule has 5 nitrogen and oxygen atoms in total. The van der Waals surface area contributed by atoms with Crippen LogP contribution in [0.3, 0.4) is 0 Å². The summed E-state index contributed by atoms with van der Waals surface area (Å²) in [5, 5.41) is 0.977. The zero-order chi connectivity index (χ0) is 22.0. The molecule has 0 spiro atoms. The summed E-state index contributed by atoms with van der Waals surface area (Å²) in [7, 11) is 1.52. The lowest BCUT2D eigenvalue weighted by atomic mass is 10.1. The van der Waals surface area contributed by atoms with E-state index in [-0.39, 0.29) is 17.8 Å². The van der Waals surface area contributed by atoms with E-state index in [2.05, 4.69) is 0 Å². The fourth-order valence-corrected chi connectivity index (χ4v) is 3.58. The van der Waals surface area contributed by atoms with E-state index in [0.29, 0.717) is 45.1 Å². The Balaban J connectivity index is 2.16. The van der Waals surface area contributed by atoms with Crippen molar-refractivity contribution >= 4 is 34.4 Å². The van der Waals surface area contributed by atoms with E-state index in [1.165, 1.54) is 11.7 Å². The van der Waals surface area contributed by atoms with Crippen LogP contribution >= 0.6 is 11.6 Å². The molecule has 0 aliphatic heterocycles. The number of nitrogens with zero attached hydrogens (tertiary/aromatic N) is 1. The van der Waals surface area contributed by atoms with Gasteiger partial charge in [0.2, 0.25) is 0 Å². The maximum atomic E-state index is 13.3. The van der Waals surface area contributed by atoms with Gasteiger partial charge in [0.15, 0.2) is 5.75 Å². The number of carbonyl (C=O) groups is 2. The van der Waals surface area contributed by atoms with Gasteiger partial charge in [0.25, 0.3) is 5.91 Å². The van der Waals surface area contributed by atoms with Gasteiger partial charge in [-0.25, -0.2) is 0 Å². The average Bonchev–Trinajstić information content (AvgIpc) is 2.97. The largest absolute Gasteiger partial charge is 0.495 e. The topological polar surface area (TPSA) is 57.5 Å². The highest BCUT2D eigenvalue weighted by molar-refractivity contribution is 6.33. The molecular formula is C24H26ClNO4. The van der Waals surface area contributed by atoms with Crippen LogP contribution in [-0.2, 0) is 4.79 Å². The first-order valence-electron chi connectivity index (χ1n) is 9.97. The molecular weight excluding hydrogens is 402 g/mol. The number of halogens is 1. The van der Waals surface area contributed by atoms with Crippen molar-refractivity contribution in [1.29, 1.82) is 0 Å². The van der Waals surface area contributed by atoms with Crippen LogP contribution in [0.25, 0.3) is 10.9 Å². The number of rotatable bonds is 6. The number of aryl methyl sites for hydroxylation is 1. The molecule has 1 atom stereocenters. The van der Waals surface area contributed by atoms with Crippen LogP contribution in [0.15, 0.2) is 36.4 Å². The van der Waals surface area contributed by atoms with E-state index in [0.717, 1.165) is 12.0 Å². The van der Waals surface area contributed by atoms with Gasteiger partial charge in [-0.3, -0.25) is 14.2 Å². The minimum Gasteiger partial charge on any atom is -0.495 e. The molecule has 3 rings (SSSR count). The lowest BCUT2D eigenvalue weighted by Crippen LogP contribution is -2.15. The van der Waals surface area contributed by atoms with Crippen molar-refractivity contribution in [3.05, 3.63) is 58.2 Å². The number of methoxy groups -OCH3 is 1. The van der Waals surface area contributed by atoms with Crippen molar-refractivity contribution in [2.75, 3.05) is 7.11 Å². The van der Waals surface area contributed by atoms with Crippen LogP contribution in [0.5, 0.6) is 11.5 Å². The van der Waals surface area contributed by atoms with Crippen molar-refractivity contribution in [2.45, 2.75) is 40.5 Å². The molecule has 0 aliphatic rings. The SMILES string of the molecule is CCC(C)CC(=O)Oc1c(C)n(C(=O)c2ccc(C)cc2)c2cc(Cl)c(OC)cc12. The number of fused-ring (bicyclic) bond motifs is 1. The van der Waals surface area contributed by atoms with E-state index in [4.69, 9.17) is 21.1 Å². The Morgan fingerprint density at radius 1 is 1.13 bits per heavy atom. The minimum absolute atomic E-state index is 0.212. The Labute approximate surface area is 181 Å². The van der Waals surface area contributed by atoms with Gasteiger partial charge in [-0.2, -0.15) is 0 Å². The molecule has 0 bridgehead atoms. The first-order chi connectivity index (χ1) is 14.3. The third kappa shape index (κ3) is 4.21. The number of hydrogen-bond donors (Lipinski definition) is 0. The number of esters is 1. The maximum Gasteiger partial charge on any atom is 0.311 e. The molecule has 2 aromatic carbocycles. The van der Waals surface area contributed by atoms with Crippen molar-refractivity contribution < 1.29 is 19.1 Å². The Kier molecular flexibility index (Phi) is 6.52. The van der Waals surface area contributed by atoms with Gasteiger partial charge in [0.05, 0.1) is 23.3 Å². The smallest absolute Gasteiger partial charge is 0.311 e. The van der Waals surface area contributed by atoms with Crippen LogP contribution < -0.4 is 9.47 Å². The lowest BCUT2D eigenvalue weighted by molar-refractivity contribution is -0.135. The van der Waals surface area contributed by atoms with E-state index in [1.807, 2.05) is 32.9 Å². The van der Waals surface area contributed by atoms with Gasteiger partial charge in [-0.05, 0) is 44.0 Å². The Morgan fingerprint density at radius 2 is 1.80 bits per heavy atom. The number of carbonyl (C=O) groups excluding carboxylic acids is 2. The highest BCUT2D eigenvalue weighted by Gasteiger charge is 2.24. The molecule has 158 valence electrons. The van der Waals surface area contributed by atoms with Crippen LogP contribution in [0.4, 0.5) is 0 Å². The predicted octanol–water partition coefficient (Wildman–Crippen LogP) is 5.95. The summed E-state index contributed by atoms with van der Waals surface area (Å²) in [6, 6.07) is 10.7. The molecule has 1 heterocycles. The highest BCUT2D eigenvalue weighted by Crippen LogP contribution is 2.39. The number of ether oxygens (including phenoxy) is 2. The van der Waals surface area contributed by atoms with E-state index in [1.54, 1.807) is 31.2 Å². The second-order valence-corrected chi connectivity index (χ2v) is 8.02. The summed E-state index contributed by atoms with van der Waals surface area (Å²) in [6.45, 7) is 7.76. The maximum absolute atomic E-state index is 13.3. The fraction of sp³-hybridized carbons (Fsp3) is 0.333. The minimum atomic E-state index is -0.330. The fourth-order valence-electron chi connectivity index (χ4n) is 3.34. The molecule has 0 amide bonds. The molecule has 0 saturated heterocycles. The number of benzene rings is 2. The van der Waals surface area contributed by atoms with Gasteiger partial charge in [-0.15, -0.1) is 0 Å². The van der Waals surface area contributed by atoms with Crippen molar-refractivity contribution in [1.82, 2.24) is 4.57 Å². The van der Waals surface area contributed by atoms with Gasteiger partial charge in [0, 0.05) is 17.4 Å². The summed E-state index contributed by atoms with van der Waals surface area (Å²) in [6.07, 6.45) is 1.18. The van der Waals surface area contributed by atoms with Gasteiger partial charge in [-0.1, -0.05) is 49.6 Å². The molecule has 6 heteroatoms. The molecule has 1 aromatic heterocycles.